The lowest BCUT2D eigenvalue weighted by Gasteiger charge is -2.05. The van der Waals surface area contributed by atoms with E-state index in [2.05, 4.69) is 81.1 Å². The highest BCUT2D eigenvalue weighted by atomic mass is 32.1. The number of nitrogens with zero attached hydrogens (tertiary/aromatic N) is 3. The van der Waals surface area contributed by atoms with Gasteiger partial charge in [-0.15, -0.1) is 16.4 Å². The minimum absolute atomic E-state index is 0.907. The zero-order valence-electron chi connectivity index (χ0n) is 13.7. The van der Waals surface area contributed by atoms with Crippen molar-refractivity contribution in [3.05, 3.63) is 79.1 Å². The molecule has 0 aliphatic heterocycles. The molecule has 0 saturated heterocycles. The van der Waals surface area contributed by atoms with Crippen LogP contribution in [0.4, 0.5) is 0 Å². The maximum atomic E-state index is 4.59. The number of nitrogens with one attached hydrogen (secondary N) is 1. The topological polar surface area (TPSA) is 54.5 Å². The van der Waals surface area contributed by atoms with Gasteiger partial charge < -0.3 is 0 Å². The lowest BCUT2D eigenvalue weighted by Crippen LogP contribution is -1.84. The molecule has 0 bridgehead atoms. The summed E-state index contributed by atoms with van der Waals surface area (Å²) in [4.78, 5) is 5.67. The Bertz CT molecular complexity index is 1160. The molecule has 5 aromatic rings. The fraction of sp³-hybridized carbons (Fsp3) is 0. The highest BCUT2D eigenvalue weighted by molar-refractivity contribution is 7.22. The molecule has 123 valence electrons. The summed E-state index contributed by atoms with van der Waals surface area (Å²) >= 11 is 1.67. The third kappa shape index (κ3) is 2.59. The molecular formula is C21H13N4S. The van der Waals surface area contributed by atoms with Crippen molar-refractivity contribution in [1.29, 1.82) is 0 Å². The first kappa shape index (κ1) is 15.0. The zero-order valence-corrected chi connectivity index (χ0v) is 14.5. The molecule has 2 aromatic carbocycles. The van der Waals surface area contributed by atoms with Gasteiger partial charge in [0.2, 0.25) is 0 Å². The molecule has 0 atom stereocenters. The van der Waals surface area contributed by atoms with Gasteiger partial charge in [0.15, 0.2) is 0 Å². The van der Waals surface area contributed by atoms with E-state index in [0.717, 1.165) is 31.9 Å². The average Bonchev–Trinajstić information content (AvgIpc) is 3.38. The normalized spacial score (nSPS) is 11.1. The molecule has 0 spiro atoms. The number of hydrogen-bond donors (Lipinski definition) is 1. The van der Waals surface area contributed by atoms with Crippen molar-refractivity contribution < 1.29 is 0 Å². The largest absolute Gasteiger partial charge is 0.257 e. The Morgan fingerprint density at radius 2 is 1.65 bits per heavy atom. The van der Waals surface area contributed by atoms with Crippen molar-refractivity contribution in [2.45, 2.75) is 0 Å². The van der Waals surface area contributed by atoms with E-state index in [-0.39, 0.29) is 0 Å². The molecule has 0 unspecified atom stereocenters. The van der Waals surface area contributed by atoms with E-state index in [9.17, 15) is 0 Å². The Balaban J connectivity index is 1.58. The van der Waals surface area contributed by atoms with E-state index in [1.165, 1.54) is 11.1 Å². The van der Waals surface area contributed by atoms with Gasteiger partial charge in [-0.25, -0.2) is 0 Å². The second-order valence-corrected chi connectivity index (χ2v) is 6.97. The predicted octanol–water partition coefficient (Wildman–Crippen LogP) is 5.22. The van der Waals surface area contributed by atoms with Gasteiger partial charge in [0.1, 0.15) is 0 Å². The summed E-state index contributed by atoms with van der Waals surface area (Å²) in [6, 6.07) is 24.2. The van der Waals surface area contributed by atoms with Crippen LogP contribution in [0.3, 0.4) is 0 Å². The first-order valence-corrected chi connectivity index (χ1v) is 9.03. The Hall–Kier alpha value is -3.31. The van der Waals surface area contributed by atoms with Crippen LogP contribution in [0.2, 0.25) is 0 Å². The summed E-state index contributed by atoms with van der Waals surface area (Å²) in [6.45, 7) is 0. The Labute approximate surface area is 154 Å². The molecule has 1 N–H and O–H groups in total. The molecule has 3 heterocycles. The minimum Gasteiger partial charge on any atom is -0.257 e. The van der Waals surface area contributed by atoms with E-state index in [0.29, 0.717) is 0 Å². The van der Waals surface area contributed by atoms with Crippen LogP contribution in [0.25, 0.3) is 43.0 Å². The third-order valence-electron chi connectivity index (χ3n) is 4.31. The van der Waals surface area contributed by atoms with Crippen molar-refractivity contribution in [3.8, 4) is 33.0 Å². The van der Waals surface area contributed by atoms with Crippen LogP contribution in [-0.4, -0.2) is 20.4 Å². The van der Waals surface area contributed by atoms with Crippen LogP contribution < -0.4 is 0 Å². The number of aromatic amines is 1. The fourth-order valence-electron chi connectivity index (χ4n) is 3.01. The van der Waals surface area contributed by atoms with Gasteiger partial charge in [0, 0.05) is 23.2 Å². The van der Waals surface area contributed by atoms with E-state index >= 15 is 0 Å². The number of aromatic nitrogens is 4. The second kappa shape index (κ2) is 6.20. The minimum atomic E-state index is 0.907. The molecule has 26 heavy (non-hydrogen) atoms. The van der Waals surface area contributed by atoms with Crippen molar-refractivity contribution in [3.63, 3.8) is 0 Å². The summed E-state index contributed by atoms with van der Waals surface area (Å²) in [6.07, 6.45) is 3.47. The highest BCUT2D eigenvalue weighted by Crippen LogP contribution is 2.37. The molecule has 4 nitrogen and oxygen atoms in total. The van der Waals surface area contributed by atoms with Crippen molar-refractivity contribution >= 4 is 21.4 Å². The maximum absolute atomic E-state index is 4.59. The first-order chi connectivity index (χ1) is 12.9. The van der Waals surface area contributed by atoms with Gasteiger partial charge in [-0.2, -0.15) is 0 Å². The molecule has 1 radical (unpaired) electrons. The Morgan fingerprint density at radius 1 is 0.885 bits per heavy atom. The van der Waals surface area contributed by atoms with Crippen molar-refractivity contribution in [1.82, 2.24) is 20.4 Å². The van der Waals surface area contributed by atoms with Gasteiger partial charge >= 0.3 is 0 Å². The molecule has 0 aliphatic rings. The molecule has 5 heteroatoms. The molecule has 0 aliphatic carbocycles. The van der Waals surface area contributed by atoms with Gasteiger partial charge in [0.25, 0.3) is 0 Å². The molecule has 0 saturated carbocycles. The van der Waals surface area contributed by atoms with E-state index in [1.54, 1.807) is 23.7 Å². The van der Waals surface area contributed by atoms with Gasteiger partial charge in [-0.05, 0) is 17.2 Å². The third-order valence-corrected chi connectivity index (χ3v) is 5.48. The second-order valence-electron chi connectivity index (χ2n) is 5.92. The van der Waals surface area contributed by atoms with Crippen LogP contribution in [0.5, 0.6) is 0 Å². The zero-order chi connectivity index (χ0) is 17.3. The number of pyridine rings is 1. The quantitative estimate of drug-likeness (QED) is 0.484. The summed E-state index contributed by atoms with van der Waals surface area (Å²) < 4.78 is 1.12. The summed E-state index contributed by atoms with van der Waals surface area (Å²) in [7, 11) is 0. The maximum Gasteiger partial charge on any atom is 0.0953 e. The van der Waals surface area contributed by atoms with Crippen LogP contribution in [0.1, 0.15) is 0 Å². The van der Waals surface area contributed by atoms with Crippen LogP contribution in [0, 0.1) is 6.07 Å². The lowest BCUT2D eigenvalue weighted by molar-refractivity contribution is 0.942. The predicted molar refractivity (Wildman–Crippen MR) is 105 cm³/mol. The summed E-state index contributed by atoms with van der Waals surface area (Å²) in [5.74, 6) is 0. The molecule has 0 fully saturated rings. The van der Waals surface area contributed by atoms with Gasteiger partial charge in [0.05, 0.1) is 27.2 Å². The number of thiophene rings is 1. The van der Waals surface area contributed by atoms with E-state index in [1.807, 2.05) is 6.07 Å². The Kier molecular flexibility index (Phi) is 3.57. The summed E-state index contributed by atoms with van der Waals surface area (Å²) in [5, 5.41) is 11.6. The van der Waals surface area contributed by atoms with Crippen LogP contribution in [0.15, 0.2) is 73.1 Å². The standard InChI is InChI=1S/C21H13N4S/c1-2-4-14(5-3-1)15-6-8-16(9-7-15)20-21-17(10-11-22-20)12-19(26-21)18-13-23-25-24-18/h1-9,11-13H,(H,23,24,25). The number of benzene rings is 2. The number of hydrogen-bond acceptors (Lipinski definition) is 4. The highest BCUT2D eigenvalue weighted by Gasteiger charge is 2.12. The fourth-order valence-corrected chi connectivity index (χ4v) is 4.11. The van der Waals surface area contributed by atoms with Crippen LogP contribution >= 0.6 is 11.3 Å². The number of fused-ring (bicyclic) bond motifs is 1. The number of H-pyrrole nitrogens is 1. The molecule has 0 amide bonds. The molecular weight excluding hydrogens is 340 g/mol. The summed E-state index contributed by atoms with van der Waals surface area (Å²) in [5.41, 5.74) is 5.39. The van der Waals surface area contributed by atoms with E-state index < -0.39 is 0 Å². The monoisotopic (exact) mass is 353 g/mol. The van der Waals surface area contributed by atoms with Crippen molar-refractivity contribution in [2.24, 2.45) is 0 Å². The lowest BCUT2D eigenvalue weighted by atomic mass is 10.0. The number of rotatable bonds is 3. The Morgan fingerprint density at radius 3 is 2.42 bits per heavy atom. The molecule has 5 rings (SSSR count). The molecule has 3 aromatic heterocycles. The average molecular weight is 353 g/mol. The van der Waals surface area contributed by atoms with Gasteiger partial charge in [-0.3, -0.25) is 10.1 Å². The van der Waals surface area contributed by atoms with Crippen molar-refractivity contribution in [2.75, 3.05) is 0 Å². The van der Waals surface area contributed by atoms with Crippen LogP contribution in [-0.2, 0) is 0 Å². The van der Waals surface area contributed by atoms with Gasteiger partial charge in [-0.1, -0.05) is 59.8 Å². The smallest absolute Gasteiger partial charge is 0.0953 e. The SMILES string of the molecule is [c]1cnc(-c2ccc(-c3ccccc3)cc2)c2sc(-c3cnn[nH]3)cc12. The first-order valence-electron chi connectivity index (χ1n) is 8.21. The van der Waals surface area contributed by atoms with E-state index in [4.69, 9.17) is 0 Å².